The van der Waals surface area contributed by atoms with E-state index in [9.17, 15) is 0 Å². The topological polar surface area (TPSA) is 0 Å². The van der Waals surface area contributed by atoms with Crippen molar-refractivity contribution < 1.29 is 19.4 Å². The van der Waals surface area contributed by atoms with Gasteiger partial charge in [-0.2, -0.15) is 0 Å². The maximum absolute atomic E-state index is 6.59. The molecule has 1 aliphatic carbocycles. The van der Waals surface area contributed by atoms with Crippen molar-refractivity contribution in [2.24, 2.45) is 0 Å². The van der Waals surface area contributed by atoms with Crippen LogP contribution in [-0.4, -0.2) is 0 Å². The van der Waals surface area contributed by atoms with Crippen LogP contribution >= 0.6 is 17.0 Å². The number of aryl methyl sites for hydroxylation is 1. The first-order valence-corrected chi connectivity index (χ1v) is 17.2. The molecular weight excluding hydrogens is 438 g/mol. The SMILES string of the molecule is CCC1=Cc2c(ccc(C(C)(C)C)c2-c2ccccc2CC)[CH]1[Zr]([Cl])[Cl]. The van der Waals surface area contributed by atoms with Crippen molar-refractivity contribution in [3.63, 3.8) is 0 Å². The molecule has 2 aromatic rings. The summed E-state index contributed by atoms with van der Waals surface area (Å²) >= 11 is -2.45. The monoisotopic (exact) mass is 463 g/mol. The summed E-state index contributed by atoms with van der Waals surface area (Å²) in [7, 11) is 13.2. The summed E-state index contributed by atoms with van der Waals surface area (Å²) in [5, 5.41) is 0. The van der Waals surface area contributed by atoms with Crippen molar-refractivity contribution >= 4 is 23.1 Å². The molecule has 0 saturated heterocycles. The molecule has 3 rings (SSSR count). The van der Waals surface area contributed by atoms with Crippen molar-refractivity contribution in [1.82, 2.24) is 0 Å². The fourth-order valence-corrected chi connectivity index (χ4v) is 9.70. The van der Waals surface area contributed by atoms with Gasteiger partial charge in [-0.25, -0.2) is 0 Å². The molecule has 0 nitrogen and oxygen atoms in total. The molecule has 1 unspecified atom stereocenters. The molecular formula is C23H27Cl2Zr. The molecule has 1 aliphatic rings. The first-order valence-electron chi connectivity index (χ1n) is 9.43. The van der Waals surface area contributed by atoms with E-state index in [1.165, 1.54) is 39.0 Å². The zero-order chi connectivity index (χ0) is 19.1. The van der Waals surface area contributed by atoms with E-state index in [0.717, 1.165) is 12.8 Å². The van der Waals surface area contributed by atoms with Crippen LogP contribution in [0.4, 0.5) is 0 Å². The molecule has 137 valence electrons. The number of halogens is 2. The van der Waals surface area contributed by atoms with E-state index in [4.69, 9.17) is 17.0 Å². The van der Waals surface area contributed by atoms with Crippen LogP contribution in [0, 0.1) is 0 Å². The van der Waals surface area contributed by atoms with Crippen LogP contribution in [0.1, 0.15) is 66.9 Å². The zero-order valence-electron chi connectivity index (χ0n) is 16.3. The molecule has 26 heavy (non-hydrogen) atoms. The van der Waals surface area contributed by atoms with Gasteiger partial charge in [-0.3, -0.25) is 0 Å². The standard InChI is InChI=1S/C23H27.2ClH.Zr/c1-6-16-14-18-12-13-21(23(3,4)5)22(20(18)15-16)19-11-9-8-10-17(19)7-2;;;/h8-15H,6-7H2,1-5H3;2*1H;/q;;;+2/p-2. The Morgan fingerprint density at radius 2 is 1.65 bits per heavy atom. The Bertz CT molecular complexity index is 844. The van der Waals surface area contributed by atoms with Crippen molar-refractivity contribution in [1.29, 1.82) is 0 Å². The zero-order valence-corrected chi connectivity index (χ0v) is 20.3. The Kier molecular flexibility index (Phi) is 6.23. The number of hydrogen-bond donors (Lipinski definition) is 0. The molecule has 0 aromatic heterocycles. The number of allylic oxidation sites excluding steroid dienone is 1. The van der Waals surface area contributed by atoms with E-state index >= 15 is 0 Å². The van der Waals surface area contributed by atoms with Gasteiger partial charge in [0.2, 0.25) is 0 Å². The molecule has 0 heterocycles. The second-order valence-electron chi connectivity index (χ2n) is 8.05. The third-order valence-electron chi connectivity index (χ3n) is 5.39. The number of fused-ring (bicyclic) bond motifs is 1. The fourth-order valence-electron chi connectivity index (χ4n) is 4.06. The Morgan fingerprint density at radius 3 is 2.23 bits per heavy atom. The van der Waals surface area contributed by atoms with Gasteiger partial charge in [0.05, 0.1) is 0 Å². The maximum atomic E-state index is 6.59. The average molecular weight is 466 g/mol. The van der Waals surface area contributed by atoms with Gasteiger partial charge in [0.1, 0.15) is 0 Å². The van der Waals surface area contributed by atoms with E-state index in [-0.39, 0.29) is 5.41 Å². The number of benzene rings is 2. The van der Waals surface area contributed by atoms with Crippen LogP contribution in [0.25, 0.3) is 17.2 Å². The van der Waals surface area contributed by atoms with E-state index in [1.54, 1.807) is 0 Å². The molecule has 0 aliphatic heterocycles. The first kappa shape index (κ1) is 20.4. The van der Waals surface area contributed by atoms with E-state index in [2.05, 4.69) is 77.1 Å². The van der Waals surface area contributed by atoms with Gasteiger partial charge in [0.25, 0.3) is 0 Å². The molecule has 0 radical (unpaired) electrons. The predicted molar refractivity (Wildman–Crippen MR) is 113 cm³/mol. The third-order valence-corrected chi connectivity index (χ3v) is 10.7. The van der Waals surface area contributed by atoms with Crippen LogP contribution < -0.4 is 0 Å². The summed E-state index contributed by atoms with van der Waals surface area (Å²) in [4.78, 5) is 0. The number of rotatable bonds is 4. The Balaban J connectivity index is 2.37. The summed E-state index contributed by atoms with van der Waals surface area (Å²) in [5.41, 5.74) is 9.76. The van der Waals surface area contributed by atoms with E-state index in [0.29, 0.717) is 3.63 Å². The minimum absolute atomic E-state index is 0.0764. The van der Waals surface area contributed by atoms with Gasteiger partial charge >= 0.3 is 174 Å². The summed E-state index contributed by atoms with van der Waals surface area (Å²) in [6, 6.07) is 13.4. The predicted octanol–water partition coefficient (Wildman–Crippen LogP) is 7.99. The number of hydrogen-bond acceptors (Lipinski definition) is 0. The van der Waals surface area contributed by atoms with Gasteiger partial charge in [0.15, 0.2) is 0 Å². The molecule has 2 aromatic carbocycles. The first-order chi connectivity index (χ1) is 12.3. The summed E-state index contributed by atoms with van der Waals surface area (Å²) in [6.45, 7) is 11.4. The second kappa shape index (κ2) is 7.94. The second-order valence-corrected chi connectivity index (χ2v) is 16.9. The summed E-state index contributed by atoms with van der Waals surface area (Å²) < 4.78 is 0.294. The fraction of sp³-hybridized carbons (Fsp3) is 0.391. The van der Waals surface area contributed by atoms with Crippen molar-refractivity contribution in [3.05, 3.63) is 64.2 Å². The quantitative estimate of drug-likeness (QED) is 0.429. The molecule has 0 N–H and O–H groups in total. The van der Waals surface area contributed by atoms with E-state index in [1.807, 2.05) is 0 Å². The van der Waals surface area contributed by atoms with Crippen LogP contribution in [-0.2, 0) is 31.2 Å². The Hall–Kier alpha value is -0.357. The molecule has 0 amide bonds. The van der Waals surface area contributed by atoms with Crippen LogP contribution in [0.15, 0.2) is 42.0 Å². The third kappa shape index (κ3) is 3.65. The van der Waals surface area contributed by atoms with Gasteiger partial charge in [0, 0.05) is 0 Å². The molecule has 1 atom stereocenters. The van der Waals surface area contributed by atoms with Crippen LogP contribution in [0.2, 0.25) is 0 Å². The molecule has 0 fully saturated rings. The van der Waals surface area contributed by atoms with E-state index < -0.39 is 19.4 Å². The van der Waals surface area contributed by atoms with Crippen molar-refractivity contribution in [3.8, 4) is 11.1 Å². The minimum atomic E-state index is -2.45. The van der Waals surface area contributed by atoms with Crippen molar-refractivity contribution in [2.75, 3.05) is 0 Å². The molecule has 0 bridgehead atoms. The van der Waals surface area contributed by atoms with Gasteiger partial charge in [-0.15, -0.1) is 0 Å². The van der Waals surface area contributed by atoms with Crippen molar-refractivity contribution in [2.45, 2.75) is 56.5 Å². The Morgan fingerprint density at radius 1 is 0.962 bits per heavy atom. The summed E-state index contributed by atoms with van der Waals surface area (Å²) in [5.74, 6) is 0. The van der Waals surface area contributed by atoms with Crippen LogP contribution in [0.3, 0.4) is 0 Å². The summed E-state index contributed by atoms with van der Waals surface area (Å²) in [6.07, 6.45) is 4.44. The average Bonchev–Trinajstić information content (AvgIpc) is 2.98. The van der Waals surface area contributed by atoms with Gasteiger partial charge < -0.3 is 0 Å². The van der Waals surface area contributed by atoms with Gasteiger partial charge in [-0.1, -0.05) is 0 Å². The van der Waals surface area contributed by atoms with Crippen LogP contribution in [0.5, 0.6) is 0 Å². The normalized spacial score (nSPS) is 16.4. The van der Waals surface area contributed by atoms with Gasteiger partial charge in [-0.05, 0) is 0 Å². The Labute approximate surface area is 173 Å². The molecule has 0 spiro atoms. The molecule has 0 saturated carbocycles. The molecule has 3 heteroatoms.